The van der Waals surface area contributed by atoms with Crippen molar-refractivity contribution in [1.29, 1.82) is 0 Å². The first-order valence-electron chi connectivity index (χ1n) is 11.7. The van der Waals surface area contributed by atoms with E-state index >= 15 is 0 Å². The molecule has 0 bridgehead atoms. The third-order valence-electron chi connectivity index (χ3n) is 6.49. The summed E-state index contributed by atoms with van der Waals surface area (Å²) in [6.45, 7) is 2.58. The van der Waals surface area contributed by atoms with Gasteiger partial charge in [0.1, 0.15) is 11.3 Å². The summed E-state index contributed by atoms with van der Waals surface area (Å²) in [5.41, 5.74) is 11.0. The smallest absolute Gasteiger partial charge is 0.254 e. The third-order valence-corrected chi connectivity index (χ3v) is 6.49. The van der Waals surface area contributed by atoms with Crippen molar-refractivity contribution in [3.8, 4) is 11.4 Å². The Morgan fingerprint density at radius 1 is 1.14 bits per heavy atom. The van der Waals surface area contributed by atoms with Crippen molar-refractivity contribution in [3.05, 3.63) is 86.8 Å². The van der Waals surface area contributed by atoms with E-state index in [1.165, 1.54) is 29.1 Å². The molecule has 0 unspecified atom stereocenters. The molecular weight excluding hydrogens is 442 g/mol. The molecule has 0 fully saturated rings. The number of pyridine rings is 1. The highest BCUT2D eigenvalue weighted by Gasteiger charge is 2.18. The fraction of sp³-hybridized carbons (Fsp3) is 0.259. The third kappa shape index (κ3) is 4.35. The van der Waals surface area contributed by atoms with Crippen LogP contribution in [0.15, 0.2) is 53.6 Å². The summed E-state index contributed by atoms with van der Waals surface area (Å²) in [6.07, 6.45) is 7.02. The average molecular weight is 470 g/mol. The van der Waals surface area contributed by atoms with E-state index in [1.54, 1.807) is 11.7 Å². The lowest BCUT2D eigenvalue weighted by molar-refractivity contribution is 0.0999. The Hall–Kier alpha value is -4.20. The lowest BCUT2D eigenvalue weighted by Gasteiger charge is -2.14. The van der Waals surface area contributed by atoms with Crippen LogP contribution in [0.5, 0.6) is 5.75 Å². The molecule has 5 rings (SSSR count). The second kappa shape index (κ2) is 9.21. The van der Waals surface area contributed by atoms with E-state index in [9.17, 15) is 9.59 Å². The van der Waals surface area contributed by atoms with Crippen LogP contribution >= 0.6 is 0 Å². The van der Waals surface area contributed by atoms with Gasteiger partial charge >= 0.3 is 0 Å². The van der Waals surface area contributed by atoms with Crippen LogP contribution in [0, 0.1) is 0 Å². The Bertz CT molecular complexity index is 1490. The predicted octanol–water partition coefficient (Wildman–Crippen LogP) is 3.55. The zero-order valence-corrected chi connectivity index (χ0v) is 19.8. The topological polar surface area (TPSA) is 112 Å². The van der Waals surface area contributed by atoms with Gasteiger partial charge in [-0.25, -0.2) is 4.98 Å². The minimum Gasteiger partial charge on any atom is -0.497 e. The number of primary amides is 1. The number of anilines is 1. The van der Waals surface area contributed by atoms with Crippen LogP contribution in [-0.2, 0) is 25.8 Å². The molecule has 1 aliphatic rings. The minimum absolute atomic E-state index is 0.0919. The van der Waals surface area contributed by atoms with Gasteiger partial charge in [-0.3, -0.25) is 9.59 Å². The van der Waals surface area contributed by atoms with Gasteiger partial charge in [-0.1, -0.05) is 19.1 Å². The predicted molar refractivity (Wildman–Crippen MR) is 135 cm³/mol. The largest absolute Gasteiger partial charge is 0.497 e. The number of rotatable bonds is 7. The van der Waals surface area contributed by atoms with E-state index in [-0.39, 0.29) is 10.9 Å². The molecule has 0 radical (unpaired) electrons. The second-order valence-corrected chi connectivity index (χ2v) is 8.74. The molecule has 2 heterocycles. The lowest BCUT2D eigenvalue weighted by Crippen LogP contribution is -2.24. The van der Waals surface area contributed by atoms with E-state index in [2.05, 4.69) is 40.4 Å². The van der Waals surface area contributed by atoms with Crippen LogP contribution < -0.4 is 21.2 Å². The number of nitrogens with one attached hydrogen (secondary N) is 1. The number of methoxy groups -OCH3 is 1. The molecule has 0 saturated carbocycles. The Labute approximate surface area is 202 Å². The van der Waals surface area contributed by atoms with Crippen molar-refractivity contribution in [2.24, 2.45) is 5.73 Å². The number of nitrogens with two attached hydrogens (primary N) is 1. The molecule has 8 nitrogen and oxygen atoms in total. The van der Waals surface area contributed by atoms with Crippen molar-refractivity contribution in [2.75, 3.05) is 12.4 Å². The van der Waals surface area contributed by atoms with Crippen molar-refractivity contribution < 1.29 is 9.53 Å². The number of aromatic nitrogens is 3. The van der Waals surface area contributed by atoms with Crippen LogP contribution in [0.3, 0.4) is 0 Å². The molecule has 8 heteroatoms. The van der Waals surface area contributed by atoms with E-state index in [0.717, 1.165) is 42.7 Å². The van der Waals surface area contributed by atoms with Crippen molar-refractivity contribution in [1.82, 2.24) is 14.5 Å². The standard InChI is InChI=1S/C27H27N5O3/c1-3-16-9-17(11-21(10-16)35-2)13-29-27-30-14-22-24(33)23(25(28)34)15-32(26(22)31-27)20-8-7-18-5-4-6-19(18)12-20/h7-12,14-15H,3-6,13H2,1-2H3,(H2,28,34)(H,29,30,31). The SMILES string of the molecule is CCc1cc(CNc2ncc3c(=O)c(C(N)=O)cn(-c4ccc5c(c4)CCC5)c3n2)cc(OC)c1. The maximum Gasteiger partial charge on any atom is 0.254 e. The zero-order chi connectivity index (χ0) is 24.5. The number of benzene rings is 2. The van der Waals surface area contributed by atoms with Gasteiger partial charge in [-0.05, 0) is 72.2 Å². The number of nitrogens with zero attached hydrogens (tertiary/aromatic N) is 3. The maximum absolute atomic E-state index is 12.9. The van der Waals surface area contributed by atoms with Gasteiger partial charge in [-0.2, -0.15) is 4.98 Å². The Morgan fingerprint density at radius 3 is 2.71 bits per heavy atom. The van der Waals surface area contributed by atoms with Gasteiger partial charge < -0.3 is 20.4 Å². The first kappa shape index (κ1) is 22.6. The summed E-state index contributed by atoms with van der Waals surface area (Å²) in [7, 11) is 1.65. The summed E-state index contributed by atoms with van der Waals surface area (Å²) >= 11 is 0. The number of carbonyl (C=O) groups excluding carboxylic acids is 1. The van der Waals surface area contributed by atoms with E-state index < -0.39 is 11.3 Å². The van der Waals surface area contributed by atoms with Gasteiger partial charge in [-0.15, -0.1) is 0 Å². The van der Waals surface area contributed by atoms with Gasteiger partial charge in [0.05, 0.1) is 12.5 Å². The first-order valence-corrected chi connectivity index (χ1v) is 11.7. The van der Waals surface area contributed by atoms with Crippen LogP contribution in [0.2, 0.25) is 0 Å². The number of amides is 1. The molecular formula is C27H27N5O3. The molecule has 0 saturated heterocycles. The summed E-state index contributed by atoms with van der Waals surface area (Å²) in [6, 6.07) is 12.3. The monoisotopic (exact) mass is 469 g/mol. The number of ether oxygens (including phenoxy) is 1. The van der Waals surface area contributed by atoms with Crippen LogP contribution in [0.25, 0.3) is 16.7 Å². The molecule has 3 N–H and O–H groups in total. The molecule has 0 aliphatic heterocycles. The highest BCUT2D eigenvalue weighted by atomic mass is 16.5. The molecule has 1 amide bonds. The number of aryl methyl sites for hydroxylation is 3. The molecule has 0 atom stereocenters. The van der Waals surface area contributed by atoms with Crippen molar-refractivity contribution >= 4 is 22.9 Å². The molecule has 1 aliphatic carbocycles. The molecule has 178 valence electrons. The van der Waals surface area contributed by atoms with Gasteiger partial charge in [0.25, 0.3) is 5.91 Å². The molecule has 2 aromatic heterocycles. The van der Waals surface area contributed by atoms with E-state index in [0.29, 0.717) is 18.1 Å². The summed E-state index contributed by atoms with van der Waals surface area (Å²) < 4.78 is 7.17. The number of hydrogen-bond acceptors (Lipinski definition) is 6. The lowest BCUT2D eigenvalue weighted by atomic mass is 10.1. The second-order valence-electron chi connectivity index (χ2n) is 8.74. The highest BCUT2D eigenvalue weighted by molar-refractivity contribution is 5.96. The minimum atomic E-state index is -0.779. The summed E-state index contributed by atoms with van der Waals surface area (Å²) in [4.78, 5) is 34.0. The van der Waals surface area contributed by atoms with Crippen LogP contribution in [0.4, 0.5) is 5.95 Å². The van der Waals surface area contributed by atoms with Crippen molar-refractivity contribution in [3.63, 3.8) is 0 Å². The molecule has 4 aromatic rings. The Kier molecular flexibility index (Phi) is 5.94. The maximum atomic E-state index is 12.9. The Balaban J connectivity index is 1.57. The van der Waals surface area contributed by atoms with Gasteiger partial charge in [0.15, 0.2) is 5.65 Å². The van der Waals surface area contributed by atoms with Crippen molar-refractivity contribution in [2.45, 2.75) is 39.2 Å². The normalized spacial score (nSPS) is 12.5. The number of hydrogen-bond donors (Lipinski definition) is 2. The van der Waals surface area contributed by atoms with E-state index in [1.807, 2.05) is 18.2 Å². The highest BCUT2D eigenvalue weighted by Crippen LogP contribution is 2.26. The summed E-state index contributed by atoms with van der Waals surface area (Å²) in [5, 5.41) is 3.49. The van der Waals surface area contributed by atoms with Gasteiger partial charge in [0, 0.05) is 24.6 Å². The Morgan fingerprint density at radius 2 is 1.94 bits per heavy atom. The first-order chi connectivity index (χ1) is 17.0. The number of fused-ring (bicyclic) bond motifs is 2. The average Bonchev–Trinajstić information content (AvgIpc) is 3.35. The van der Waals surface area contributed by atoms with Crippen LogP contribution in [-0.4, -0.2) is 27.6 Å². The van der Waals surface area contributed by atoms with Gasteiger partial charge in [0.2, 0.25) is 11.4 Å². The van der Waals surface area contributed by atoms with E-state index in [4.69, 9.17) is 10.5 Å². The fourth-order valence-electron chi connectivity index (χ4n) is 4.61. The quantitative estimate of drug-likeness (QED) is 0.428. The van der Waals surface area contributed by atoms with Crippen LogP contribution in [0.1, 0.15) is 46.0 Å². The molecule has 2 aromatic carbocycles. The number of carbonyl (C=O) groups is 1. The molecule has 35 heavy (non-hydrogen) atoms. The summed E-state index contributed by atoms with van der Waals surface area (Å²) in [5.74, 6) is 0.392. The molecule has 0 spiro atoms. The fourth-order valence-corrected chi connectivity index (χ4v) is 4.61. The zero-order valence-electron chi connectivity index (χ0n) is 19.8.